The van der Waals surface area contributed by atoms with E-state index in [-0.39, 0.29) is 5.78 Å². The van der Waals surface area contributed by atoms with Gasteiger partial charge in [-0.3, -0.25) is 4.79 Å². The average molecular weight is 248 g/mol. The minimum absolute atomic E-state index is 0.253. The van der Waals surface area contributed by atoms with Gasteiger partial charge in [-0.1, -0.05) is 37.1 Å². The Morgan fingerprint density at radius 2 is 2.11 bits per heavy atom. The third kappa shape index (κ3) is 4.44. The number of Topliss-reactive ketones (excluding diaryl/α,β-unsaturated/α-hetero) is 1. The van der Waals surface area contributed by atoms with Gasteiger partial charge in [-0.25, -0.2) is 0 Å². The molecule has 0 amide bonds. The number of allylic oxidation sites excluding steroid dienone is 4. The Hall–Kier alpha value is -0.850. The highest BCUT2D eigenvalue weighted by atomic mass is 16.1. The molecule has 0 aliphatic heterocycles. The van der Waals surface area contributed by atoms with Crippen molar-refractivity contribution >= 4 is 5.78 Å². The summed E-state index contributed by atoms with van der Waals surface area (Å²) in [5.74, 6) is 0.954. The van der Waals surface area contributed by atoms with Crippen LogP contribution in [0, 0.1) is 11.3 Å². The van der Waals surface area contributed by atoms with Crippen LogP contribution in [0.25, 0.3) is 0 Å². The van der Waals surface area contributed by atoms with Crippen molar-refractivity contribution < 1.29 is 4.79 Å². The minimum Gasteiger partial charge on any atom is -0.300 e. The molecule has 0 aromatic rings. The Kier molecular flexibility index (Phi) is 5.37. The molecule has 1 heteroatoms. The summed E-state index contributed by atoms with van der Waals surface area (Å²) in [4.78, 5) is 11.0. The van der Waals surface area contributed by atoms with Gasteiger partial charge in [0.05, 0.1) is 0 Å². The molecule has 0 saturated carbocycles. The Morgan fingerprint density at radius 1 is 1.44 bits per heavy atom. The van der Waals surface area contributed by atoms with Gasteiger partial charge in [-0.2, -0.15) is 0 Å². The van der Waals surface area contributed by atoms with Crippen molar-refractivity contribution in [3.63, 3.8) is 0 Å². The van der Waals surface area contributed by atoms with Crippen molar-refractivity contribution in [2.45, 2.75) is 66.7 Å². The predicted octanol–water partition coefficient (Wildman–Crippen LogP) is 5.07. The van der Waals surface area contributed by atoms with Crippen LogP contribution in [0.3, 0.4) is 0 Å². The first kappa shape index (κ1) is 15.2. The molecule has 0 heterocycles. The second-order valence-electron chi connectivity index (χ2n) is 6.52. The molecule has 0 saturated heterocycles. The van der Waals surface area contributed by atoms with E-state index in [2.05, 4.69) is 39.8 Å². The van der Waals surface area contributed by atoms with E-state index in [1.165, 1.54) is 24.8 Å². The van der Waals surface area contributed by atoms with E-state index in [0.29, 0.717) is 17.8 Å². The van der Waals surface area contributed by atoms with Crippen molar-refractivity contribution in [2.75, 3.05) is 0 Å². The first-order valence-electron chi connectivity index (χ1n) is 7.14. The number of carbonyl (C=O) groups is 1. The SMILES string of the molecule is CC(=O)C/C=C(\C)CCC1C(C)=CCCC1(C)C. The van der Waals surface area contributed by atoms with Gasteiger partial charge in [0.15, 0.2) is 0 Å². The fourth-order valence-corrected chi connectivity index (χ4v) is 3.02. The highest BCUT2D eigenvalue weighted by molar-refractivity contribution is 5.77. The molecule has 1 atom stereocenters. The van der Waals surface area contributed by atoms with Crippen molar-refractivity contribution in [1.29, 1.82) is 0 Å². The smallest absolute Gasteiger partial charge is 0.133 e. The normalized spacial score (nSPS) is 23.7. The number of carbonyl (C=O) groups excluding carboxylic acids is 1. The van der Waals surface area contributed by atoms with E-state index < -0.39 is 0 Å². The molecular formula is C17H28O. The minimum atomic E-state index is 0.253. The lowest BCUT2D eigenvalue weighted by atomic mass is 9.67. The van der Waals surface area contributed by atoms with Gasteiger partial charge in [-0.05, 0) is 57.8 Å². The van der Waals surface area contributed by atoms with Crippen molar-refractivity contribution in [2.24, 2.45) is 11.3 Å². The Morgan fingerprint density at radius 3 is 2.67 bits per heavy atom. The van der Waals surface area contributed by atoms with Crippen LogP contribution in [0.4, 0.5) is 0 Å². The summed E-state index contributed by atoms with van der Waals surface area (Å²) in [6.07, 6.45) is 9.96. The summed E-state index contributed by atoms with van der Waals surface area (Å²) in [6, 6.07) is 0. The number of hydrogen-bond acceptors (Lipinski definition) is 1. The van der Waals surface area contributed by atoms with Crippen LogP contribution in [0.2, 0.25) is 0 Å². The molecule has 1 nitrogen and oxygen atoms in total. The highest BCUT2D eigenvalue weighted by Crippen LogP contribution is 2.43. The van der Waals surface area contributed by atoms with Gasteiger partial charge in [-0.15, -0.1) is 0 Å². The monoisotopic (exact) mass is 248 g/mol. The lowest BCUT2D eigenvalue weighted by Crippen LogP contribution is -2.27. The van der Waals surface area contributed by atoms with E-state index >= 15 is 0 Å². The van der Waals surface area contributed by atoms with Crippen LogP contribution >= 0.6 is 0 Å². The molecule has 0 aromatic heterocycles. The second kappa shape index (κ2) is 6.36. The maximum absolute atomic E-state index is 11.0. The van der Waals surface area contributed by atoms with Gasteiger partial charge in [0, 0.05) is 6.42 Å². The lowest BCUT2D eigenvalue weighted by molar-refractivity contribution is -0.116. The fourth-order valence-electron chi connectivity index (χ4n) is 3.02. The molecule has 1 aliphatic rings. The molecule has 0 radical (unpaired) electrons. The Balaban J connectivity index is 2.56. The molecule has 1 rings (SSSR count). The van der Waals surface area contributed by atoms with E-state index in [0.717, 1.165) is 6.42 Å². The molecule has 1 aliphatic carbocycles. The number of hydrogen-bond donors (Lipinski definition) is 0. The molecule has 0 spiro atoms. The van der Waals surface area contributed by atoms with Gasteiger partial charge < -0.3 is 0 Å². The topological polar surface area (TPSA) is 17.1 Å². The second-order valence-corrected chi connectivity index (χ2v) is 6.52. The largest absolute Gasteiger partial charge is 0.300 e. The van der Waals surface area contributed by atoms with Crippen LogP contribution in [0.5, 0.6) is 0 Å². The summed E-state index contributed by atoms with van der Waals surface area (Å²) >= 11 is 0. The molecule has 18 heavy (non-hydrogen) atoms. The summed E-state index contributed by atoms with van der Waals surface area (Å²) in [6.45, 7) is 10.9. The van der Waals surface area contributed by atoms with Gasteiger partial charge in [0.2, 0.25) is 0 Å². The maximum Gasteiger partial charge on any atom is 0.133 e. The van der Waals surface area contributed by atoms with Crippen molar-refractivity contribution in [3.05, 3.63) is 23.3 Å². The van der Waals surface area contributed by atoms with Crippen LogP contribution in [-0.2, 0) is 4.79 Å². The van der Waals surface area contributed by atoms with E-state index in [1.807, 2.05) is 0 Å². The lowest BCUT2D eigenvalue weighted by Gasteiger charge is -2.38. The van der Waals surface area contributed by atoms with Crippen LogP contribution in [-0.4, -0.2) is 5.78 Å². The van der Waals surface area contributed by atoms with Gasteiger partial charge in [0.1, 0.15) is 5.78 Å². The zero-order valence-electron chi connectivity index (χ0n) is 12.7. The van der Waals surface area contributed by atoms with Crippen molar-refractivity contribution in [1.82, 2.24) is 0 Å². The summed E-state index contributed by atoms with van der Waals surface area (Å²) < 4.78 is 0. The molecular weight excluding hydrogens is 220 g/mol. The summed E-state index contributed by atoms with van der Waals surface area (Å²) in [7, 11) is 0. The predicted molar refractivity (Wildman–Crippen MR) is 78.6 cm³/mol. The molecule has 1 unspecified atom stereocenters. The quantitative estimate of drug-likeness (QED) is 0.620. The zero-order chi connectivity index (χ0) is 13.8. The van der Waals surface area contributed by atoms with E-state index in [4.69, 9.17) is 0 Å². The molecule has 0 aromatic carbocycles. The Labute approximate surface area is 112 Å². The van der Waals surface area contributed by atoms with Gasteiger partial charge >= 0.3 is 0 Å². The molecule has 0 fully saturated rings. The first-order valence-corrected chi connectivity index (χ1v) is 7.14. The fraction of sp³-hybridized carbons (Fsp3) is 0.706. The summed E-state index contributed by atoms with van der Waals surface area (Å²) in [5.41, 5.74) is 3.35. The first-order chi connectivity index (χ1) is 8.33. The third-order valence-electron chi connectivity index (χ3n) is 4.31. The molecule has 0 N–H and O–H groups in total. The van der Waals surface area contributed by atoms with Gasteiger partial charge in [0.25, 0.3) is 0 Å². The highest BCUT2D eigenvalue weighted by Gasteiger charge is 2.32. The van der Waals surface area contributed by atoms with Crippen LogP contribution in [0.15, 0.2) is 23.3 Å². The summed E-state index contributed by atoms with van der Waals surface area (Å²) in [5, 5.41) is 0. The van der Waals surface area contributed by atoms with Crippen LogP contribution < -0.4 is 0 Å². The molecule has 0 bridgehead atoms. The van der Waals surface area contributed by atoms with Crippen LogP contribution in [0.1, 0.15) is 66.7 Å². The zero-order valence-corrected chi connectivity index (χ0v) is 12.7. The molecule has 102 valence electrons. The van der Waals surface area contributed by atoms with E-state index in [9.17, 15) is 4.79 Å². The standard InChI is InChI=1S/C17H28O/c1-13(8-10-15(3)18)9-11-16-14(2)7-6-12-17(16,4)5/h7-8,16H,6,9-12H2,1-5H3/b13-8+. The Bertz CT molecular complexity index is 358. The van der Waals surface area contributed by atoms with E-state index in [1.54, 1.807) is 12.5 Å². The number of ketones is 1. The third-order valence-corrected chi connectivity index (χ3v) is 4.31. The average Bonchev–Trinajstić information content (AvgIpc) is 2.24. The van der Waals surface area contributed by atoms with Crippen molar-refractivity contribution in [3.8, 4) is 0 Å². The number of rotatable bonds is 5. The maximum atomic E-state index is 11.0.